The first-order chi connectivity index (χ1) is 10.5. The van der Waals surface area contributed by atoms with E-state index in [1.54, 1.807) is 36.4 Å². The Bertz CT molecular complexity index is 656. The molecule has 2 rings (SSSR count). The number of aliphatic carboxylic acids is 1. The van der Waals surface area contributed by atoms with Gasteiger partial charge in [0, 0.05) is 7.11 Å². The highest BCUT2D eigenvalue weighted by Gasteiger charge is 2.18. The van der Waals surface area contributed by atoms with Gasteiger partial charge in [0.15, 0.2) is 6.10 Å². The molecule has 22 heavy (non-hydrogen) atoms. The van der Waals surface area contributed by atoms with Gasteiger partial charge in [0.05, 0.1) is 10.0 Å². The maximum Gasteiger partial charge on any atom is 0.337 e. The zero-order valence-corrected chi connectivity index (χ0v) is 13.3. The molecule has 0 amide bonds. The van der Waals surface area contributed by atoms with Gasteiger partial charge in [-0.15, -0.1) is 0 Å². The monoisotopic (exact) mass is 340 g/mol. The van der Waals surface area contributed by atoms with Crippen molar-refractivity contribution in [2.45, 2.75) is 12.7 Å². The fourth-order valence-corrected chi connectivity index (χ4v) is 2.24. The summed E-state index contributed by atoms with van der Waals surface area (Å²) in [5.41, 5.74) is 1.44. The van der Waals surface area contributed by atoms with Gasteiger partial charge < -0.3 is 14.6 Å². The molecule has 0 saturated carbocycles. The Morgan fingerprint density at radius 2 is 1.82 bits per heavy atom. The van der Waals surface area contributed by atoms with E-state index < -0.39 is 12.1 Å². The van der Waals surface area contributed by atoms with E-state index in [2.05, 4.69) is 0 Å². The average molecular weight is 341 g/mol. The molecule has 1 N–H and O–H groups in total. The summed E-state index contributed by atoms with van der Waals surface area (Å²) in [5.74, 6) is -0.415. The maximum atomic E-state index is 11.0. The van der Waals surface area contributed by atoms with Crippen molar-refractivity contribution in [2.24, 2.45) is 0 Å². The summed E-state index contributed by atoms with van der Waals surface area (Å²) < 4.78 is 10.5. The number of methoxy groups -OCH3 is 1. The lowest BCUT2D eigenvalue weighted by Crippen LogP contribution is -2.13. The molecule has 0 aromatic heterocycles. The van der Waals surface area contributed by atoms with Gasteiger partial charge in [0.25, 0.3) is 0 Å². The Balaban J connectivity index is 2.02. The van der Waals surface area contributed by atoms with Crippen LogP contribution in [0.3, 0.4) is 0 Å². The highest BCUT2D eigenvalue weighted by Crippen LogP contribution is 2.24. The molecule has 0 bridgehead atoms. The Labute approximate surface area is 138 Å². The van der Waals surface area contributed by atoms with Crippen LogP contribution in [0.5, 0.6) is 5.75 Å². The zero-order valence-electron chi connectivity index (χ0n) is 11.8. The summed E-state index contributed by atoms with van der Waals surface area (Å²) >= 11 is 11.8. The largest absolute Gasteiger partial charge is 0.489 e. The van der Waals surface area contributed by atoms with E-state index in [0.717, 1.165) is 5.56 Å². The molecule has 0 radical (unpaired) electrons. The molecule has 6 heteroatoms. The Morgan fingerprint density at radius 1 is 1.14 bits per heavy atom. The molecule has 116 valence electrons. The third kappa shape index (κ3) is 4.13. The number of hydrogen-bond donors (Lipinski definition) is 1. The topological polar surface area (TPSA) is 55.8 Å². The van der Waals surface area contributed by atoms with Crippen molar-refractivity contribution in [1.82, 2.24) is 0 Å². The smallest absolute Gasteiger partial charge is 0.337 e. The number of benzene rings is 2. The molecule has 0 aliphatic heterocycles. The molecule has 0 heterocycles. The van der Waals surface area contributed by atoms with Crippen LogP contribution in [0.25, 0.3) is 0 Å². The van der Waals surface area contributed by atoms with Crippen molar-refractivity contribution < 1.29 is 19.4 Å². The normalized spacial score (nSPS) is 12.0. The summed E-state index contributed by atoms with van der Waals surface area (Å²) in [6.07, 6.45) is -0.982. The van der Waals surface area contributed by atoms with Crippen LogP contribution in [0, 0.1) is 0 Å². The van der Waals surface area contributed by atoms with Crippen molar-refractivity contribution in [3.63, 3.8) is 0 Å². The quantitative estimate of drug-likeness (QED) is 0.849. The molecule has 0 saturated heterocycles. The fraction of sp³-hybridized carbons (Fsp3) is 0.188. The molecule has 4 nitrogen and oxygen atoms in total. The standard InChI is InChI=1S/C16H14Cl2O4/c1-21-15(16(19)20)11-3-5-12(6-4-11)22-9-10-2-7-13(17)14(18)8-10/h2-8,15H,9H2,1H3,(H,19,20)/t15-/m1/s1. The molecular weight excluding hydrogens is 327 g/mol. The first-order valence-corrected chi connectivity index (χ1v) is 7.19. The fourth-order valence-electron chi connectivity index (χ4n) is 1.91. The van der Waals surface area contributed by atoms with Crippen LogP contribution in [-0.2, 0) is 16.1 Å². The lowest BCUT2D eigenvalue weighted by atomic mass is 10.1. The van der Waals surface area contributed by atoms with Crippen LogP contribution in [0.15, 0.2) is 42.5 Å². The molecule has 2 aromatic rings. The summed E-state index contributed by atoms with van der Waals surface area (Å²) in [6.45, 7) is 0.336. The van der Waals surface area contributed by atoms with Crippen LogP contribution in [0.1, 0.15) is 17.2 Å². The van der Waals surface area contributed by atoms with Gasteiger partial charge in [-0.05, 0) is 35.4 Å². The van der Waals surface area contributed by atoms with Gasteiger partial charge in [0.2, 0.25) is 0 Å². The lowest BCUT2D eigenvalue weighted by molar-refractivity contribution is -0.148. The van der Waals surface area contributed by atoms with Gasteiger partial charge in [0.1, 0.15) is 12.4 Å². The minimum absolute atomic E-state index is 0.336. The molecule has 0 spiro atoms. The number of carbonyl (C=O) groups is 1. The zero-order chi connectivity index (χ0) is 16.1. The minimum Gasteiger partial charge on any atom is -0.489 e. The second kappa shape index (κ2) is 7.49. The highest BCUT2D eigenvalue weighted by atomic mass is 35.5. The first kappa shape index (κ1) is 16.6. The van der Waals surface area contributed by atoms with Crippen molar-refractivity contribution >= 4 is 29.2 Å². The van der Waals surface area contributed by atoms with E-state index in [-0.39, 0.29) is 0 Å². The van der Waals surface area contributed by atoms with Crippen molar-refractivity contribution in [3.8, 4) is 5.75 Å². The van der Waals surface area contributed by atoms with Gasteiger partial charge in [-0.3, -0.25) is 0 Å². The van der Waals surface area contributed by atoms with Gasteiger partial charge >= 0.3 is 5.97 Å². The first-order valence-electron chi connectivity index (χ1n) is 6.43. The van der Waals surface area contributed by atoms with Gasteiger partial charge in [-0.2, -0.15) is 0 Å². The molecule has 1 atom stereocenters. The molecule has 2 aromatic carbocycles. The van der Waals surface area contributed by atoms with Crippen molar-refractivity contribution in [1.29, 1.82) is 0 Å². The predicted octanol–water partition coefficient (Wildman–Crippen LogP) is 4.34. The summed E-state index contributed by atoms with van der Waals surface area (Å²) in [4.78, 5) is 11.0. The third-order valence-corrected chi connectivity index (χ3v) is 3.77. The Morgan fingerprint density at radius 3 is 2.36 bits per heavy atom. The number of rotatable bonds is 6. The van der Waals surface area contributed by atoms with E-state index in [1.807, 2.05) is 6.07 Å². The summed E-state index contributed by atoms with van der Waals surface area (Å²) in [7, 11) is 1.35. The number of carboxylic acid groups (broad SMARTS) is 1. The molecular formula is C16H14Cl2O4. The molecule has 0 fully saturated rings. The Kier molecular flexibility index (Phi) is 5.66. The van der Waals surface area contributed by atoms with E-state index in [1.165, 1.54) is 7.11 Å². The summed E-state index contributed by atoms with van der Waals surface area (Å²) in [6, 6.07) is 12.0. The number of halogens is 2. The van der Waals surface area contributed by atoms with Crippen LogP contribution in [0.4, 0.5) is 0 Å². The molecule has 0 aliphatic rings. The summed E-state index contributed by atoms with van der Waals surface area (Å²) in [5, 5.41) is 9.99. The van der Waals surface area contributed by atoms with E-state index in [4.69, 9.17) is 37.8 Å². The lowest BCUT2D eigenvalue weighted by Gasteiger charge is -2.12. The molecule has 0 aliphatic carbocycles. The van der Waals surface area contributed by atoms with E-state index in [9.17, 15) is 4.79 Å². The van der Waals surface area contributed by atoms with Crippen LogP contribution in [0.2, 0.25) is 10.0 Å². The van der Waals surface area contributed by atoms with Crippen LogP contribution < -0.4 is 4.74 Å². The Hall–Kier alpha value is -1.75. The molecule has 0 unspecified atom stereocenters. The van der Waals surface area contributed by atoms with Crippen LogP contribution >= 0.6 is 23.2 Å². The average Bonchev–Trinajstić information content (AvgIpc) is 2.50. The highest BCUT2D eigenvalue weighted by molar-refractivity contribution is 6.42. The number of ether oxygens (including phenoxy) is 2. The van der Waals surface area contributed by atoms with Crippen molar-refractivity contribution in [3.05, 3.63) is 63.6 Å². The SMILES string of the molecule is CO[C@@H](C(=O)O)c1ccc(OCc2ccc(Cl)c(Cl)c2)cc1. The number of carboxylic acids is 1. The van der Waals surface area contributed by atoms with Gasteiger partial charge in [-0.1, -0.05) is 41.4 Å². The van der Waals surface area contributed by atoms with Crippen LogP contribution in [-0.4, -0.2) is 18.2 Å². The predicted molar refractivity (Wildman–Crippen MR) is 84.6 cm³/mol. The third-order valence-electron chi connectivity index (χ3n) is 3.03. The van der Waals surface area contributed by atoms with Gasteiger partial charge in [-0.25, -0.2) is 4.79 Å². The second-order valence-electron chi connectivity index (χ2n) is 4.56. The van der Waals surface area contributed by atoms with Crippen molar-refractivity contribution in [2.75, 3.05) is 7.11 Å². The van der Waals surface area contributed by atoms with E-state index in [0.29, 0.717) is 28.0 Å². The van der Waals surface area contributed by atoms with E-state index >= 15 is 0 Å². The second-order valence-corrected chi connectivity index (χ2v) is 5.37. The maximum absolute atomic E-state index is 11.0. The minimum atomic E-state index is -1.04. The number of hydrogen-bond acceptors (Lipinski definition) is 3.